The molecule has 0 radical (unpaired) electrons. The second kappa shape index (κ2) is 7.44. The number of hydrogen-bond donors (Lipinski definition) is 0. The van der Waals surface area contributed by atoms with Crippen LogP contribution in [0.4, 0.5) is 0 Å². The average molecular weight is 275 g/mol. The molecule has 0 aromatic heterocycles. The molecule has 0 bridgehead atoms. The van der Waals surface area contributed by atoms with Gasteiger partial charge in [-0.1, -0.05) is 50.6 Å². The topological polar surface area (TPSA) is 29.5 Å². The van der Waals surface area contributed by atoms with E-state index in [1.165, 1.54) is 19.3 Å². The number of carbonyl (C=O) groups excluding carboxylic acids is 1. The lowest BCUT2D eigenvalue weighted by atomic mass is 10.0. The summed E-state index contributed by atoms with van der Waals surface area (Å²) in [7, 11) is 0. The molecule has 1 aliphatic rings. The number of hydrogen-bond acceptors (Lipinski definition) is 3. The molecule has 0 spiro atoms. The Balaban J connectivity index is 2.13. The number of likely N-dealkylation sites (tertiary alicyclic amines) is 1. The van der Waals surface area contributed by atoms with Crippen LogP contribution in [0, 0.1) is 5.92 Å². The molecule has 1 aliphatic heterocycles. The summed E-state index contributed by atoms with van der Waals surface area (Å²) < 4.78 is 5.49. The lowest BCUT2D eigenvalue weighted by Crippen LogP contribution is -2.39. The van der Waals surface area contributed by atoms with Gasteiger partial charge in [0.25, 0.3) is 0 Å². The molecule has 1 fully saturated rings. The van der Waals surface area contributed by atoms with Gasteiger partial charge < -0.3 is 4.74 Å². The van der Waals surface area contributed by atoms with Crippen molar-refractivity contribution in [1.82, 2.24) is 4.90 Å². The molecule has 1 atom stereocenters. The number of piperidine rings is 1. The molecule has 110 valence electrons. The van der Waals surface area contributed by atoms with E-state index < -0.39 is 0 Å². The van der Waals surface area contributed by atoms with Crippen LogP contribution in [-0.2, 0) is 9.53 Å². The van der Waals surface area contributed by atoms with Crippen LogP contribution in [0.25, 0.3) is 0 Å². The van der Waals surface area contributed by atoms with E-state index >= 15 is 0 Å². The molecule has 1 heterocycles. The van der Waals surface area contributed by atoms with E-state index in [0.29, 0.717) is 12.5 Å². The van der Waals surface area contributed by atoms with Crippen molar-refractivity contribution in [2.75, 3.05) is 19.7 Å². The zero-order valence-corrected chi connectivity index (χ0v) is 12.5. The maximum absolute atomic E-state index is 12.5. The van der Waals surface area contributed by atoms with Crippen molar-refractivity contribution in [2.45, 2.75) is 39.2 Å². The van der Waals surface area contributed by atoms with Crippen molar-refractivity contribution in [3.63, 3.8) is 0 Å². The predicted octanol–water partition coefficient (Wildman–Crippen LogP) is 3.41. The zero-order valence-electron chi connectivity index (χ0n) is 12.5. The van der Waals surface area contributed by atoms with Gasteiger partial charge in [-0.15, -0.1) is 0 Å². The smallest absolute Gasteiger partial charge is 0.328 e. The Morgan fingerprint density at radius 1 is 1.15 bits per heavy atom. The summed E-state index contributed by atoms with van der Waals surface area (Å²) in [5.74, 6) is 0.267. The van der Waals surface area contributed by atoms with Crippen molar-refractivity contribution in [2.24, 2.45) is 5.92 Å². The minimum atomic E-state index is -0.241. The zero-order chi connectivity index (χ0) is 14.4. The van der Waals surface area contributed by atoms with E-state index in [-0.39, 0.29) is 12.0 Å². The number of esters is 1. The second-order valence-corrected chi connectivity index (χ2v) is 5.93. The maximum atomic E-state index is 12.5. The Kier molecular flexibility index (Phi) is 5.60. The summed E-state index contributed by atoms with van der Waals surface area (Å²) in [5, 5.41) is 0. The highest BCUT2D eigenvalue weighted by Crippen LogP contribution is 2.26. The normalized spacial score (nSPS) is 17.9. The molecular weight excluding hydrogens is 250 g/mol. The largest absolute Gasteiger partial charge is 0.464 e. The number of ether oxygens (including phenoxy) is 1. The number of rotatable bonds is 5. The van der Waals surface area contributed by atoms with Crippen molar-refractivity contribution in [3.8, 4) is 0 Å². The summed E-state index contributed by atoms with van der Waals surface area (Å²) in [6.45, 7) is 6.58. The molecule has 2 rings (SSSR count). The fraction of sp³-hybridized carbons (Fsp3) is 0.588. The third-order valence-electron chi connectivity index (χ3n) is 3.65. The first kappa shape index (κ1) is 15.0. The molecular formula is C17H25NO2. The third kappa shape index (κ3) is 4.07. The third-order valence-corrected chi connectivity index (χ3v) is 3.65. The van der Waals surface area contributed by atoms with Gasteiger partial charge in [-0.2, -0.15) is 0 Å². The first-order valence-corrected chi connectivity index (χ1v) is 7.64. The van der Waals surface area contributed by atoms with Crippen LogP contribution in [0.15, 0.2) is 30.3 Å². The Hall–Kier alpha value is -1.35. The fourth-order valence-corrected chi connectivity index (χ4v) is 2.64. The average Bonchev–Trinajstić information content (AvgIpc) is 2.48. The molecule has 1 aromatic carbocycles. The van der Waals surface area contributed by atoms with Crippen LogP contribution in [-0.4, -0.2) is 30.6 Å². The van der Waals surface area contributed by atoms with Crippen LogP contribution < -0.4 is 0 Å². The van der Waals surface area contributed by atoms with Gasteiger partial charge in [-0.25, -0.2) is 4.79 Å². The molecule has 3 heteroatoms. The van der Waals surface area contributed by atoms with Gasteiger partial charge in [-0.05, 0) is 37.4 Å². The molecule has 0 saturated carbocycles. The summed E-state index contributed by atoms with van der Waals surface area (Å²) in [6, 6.07) is 9.77. The van der Waals surface area contributed by atoms with Crippen molar-refractivity contribution >= 4 is 5.97 Å². The molecule has 1 saturated heterocycles. The quantitative estimate of drug-likeness (QED) is 0.771. The Bertz CT molecular complexity index is 410. The summed E-state index contributed by atoms with van der Waals surface area (Å²) in [4.78, 5) is 14.7. The standard InChI is InChI=1S/C17H25NO2/c1-14(2)13-20-17(19)16(15-9-5-3-6-10-15)18-11-7-4-8-12-18/h3,5-6,9-10,14,16H,4,7-8,11-13H2,1-2H3. The van der Waals surface area contributed by atoms with Crippen LogP contribution in [0.2, 0.25) is 0 Å². The maximum Gasteiger partial charge on any atom is 0.328 e. The van der Waals surface area contributed by atoms with Gasteiger partial charge in [-0.3, -0.25) is 4.90 Å². The SMILES string of the molecule is CC(C)COC(=O)C(c1ccccc1)N1CCCCC1. The molecule has 20 heavy (non-hydrogen) atoms. The minimum Gasteiger partial charge on any atom is -0.464 e. The highest BCUT2D eigenvalue weighted by molar-refractivity contribution is 5.77. The van der Waals surface area contributed by atoms with Crippen LogP contribution >= 0.6 is 0 Å². The van der Waals surface area contributed by atoms with E-state index in [1.807, 2.05) is 30.3 Å². The molecule has 0 N–H and O–H groups in total. The predicted molar refractivity (Wildman–Crippen MR) is 80.4 cm³/mol. The second-order valence-electron chi connectivity index (χ2n) is 5.93. The monoisotopic (exact) mass is 275 g/mol. The van der Waals surface area contributed by atoms with E-state index in [2.05, 4.69) is 18.7 Å². The summed E-state index contributed by atoms with van der Waals surface area (Å²) in [5.41, 5.74) is 1.04. The highest BCUT2D eigenvalue weighted by atomic mass is 16.5. The first-order chi connectivity index (χ1) is 9.68. The molecule has 0 aliphatic carbocycles. The number of nitrogens with zero attached hydrogens (tertiary/aromatic N) is 1. The van der Waals surface area contributed by atoms with Gasteiger partial charge in [0.2, 0.25) is 0 Å². The molecule has 1 aromatic rings. The Morgan fingerprint density at radius 3 is 2.40 bits per heavy atom. The first-order valence-electron chi connectivity index (χ1n) is 7.64. The van der Waals surface area contributed by atoms with Gasteiger partial charge in [0.1, 0.15) is 6.04 Å². The minimum absolute atomic E-state index is 0.105. The number of carbonyl (C=O) groups is 1. The fourth-order valence-electron chi connectivity index (χ4n) is 2.64. The summed E-state index contributed by atoms with van der Waals surface area (Å²) in [6.07, 6.45) is 3.60. The van der Waals surface area contributed by atoms with E-state index in [9.17, 15) is 4.79 Å². The molecule has 1 unspecified atom stereocenters. The van der Waals surface area contributed by atoms with Gasteiger partial charge in [0, 0.05) is 0 Å². The van der Waals surface area contributed by atoms with Gasteiger partial charge in [0.15, 0.2) is 0 Å². The van der Waals surface area contributed by atoms with E-state index in [0.717, 1.165) is 18.7 Å². The van der Waals surface area contributed by atoms with E-state index in [1.54, 1.807) is 0 Å². The lowest BCUT2D eigenvalue weighted by molar-refractivity contribution is -0.152. The van der Waals surface area contributed by atoms with Crippen molar-refractivity contribution < 1.29 is 9.53 Å². The summed E-state index contributed by atoms with van der Waals surface area (Å²) >= 11 is 0. The lowest BCUT2D eigenvalue weighted by Gasteiger charge is -2.33. The molecule has 3 nitrogen and oxygen atoms in total. The Morgan fingerprint density at radius 2 is 1.80 bits per heavy atom. The Labute approximate surface area is 121 Å². The van der Waals surface area contributed by atoms with Crippen LogP contribution in [0.1, 0.15) is 44.7 Å². The number of benzene rings is 1. The molecule has 0 amide bonds. The van der Waals surface area contributed by atoms with Gasteiger partial charge in [0.05, 0.1) is 6.61 Å². The van der Waals surface area contributed by atoms with Gasteiger partial charge >= 0.3 is 5.97 Å². The van der Waals surface area contributed by atoms with E-state index in [4.69, 9.17) is 4.74 Å². The van der Waals surface area contributed by atoms with Crippen molar-refractivity contribution in [1.29, 1.82) is 0 Å². The van der Waals surface area contributed by atoms with Crippen molar-refractivity contribution in [3.05, 3.63) is 35.9 Å². The highest BCUT2D eigenvalue weighted by Gasteiger charge is 2.29. The van der Waals surface area contributed by atoms with Crippen LogP contribution in [0.3, 0.4) is 0 Å². The van der Waals surface area contributed by atoms with Crippen LogP contribution in [0.5, 0.6) is 0 Å².